The Hall–Kier alpha value is -2.69. The minimum atomic E-state index is -0.296. The van der Waals surface area contributed by atoms with Crippen molar-refractivity contribution in [1.82, 2.24) is 5.32 Å². The maximum Gasteiger partial charge on any atom is 0.253 e. The van der Waals surface area contributed by atoms with Gasteiger partial charge < -0.3 is 10.6 Å². The van der Waals surface area contributed by atoms with E-state index >= 15 is 0 Å². The first-order valence-electron chi connectivity index (χ1n) is 8.28. The van der Waals surface area contributed by atoms with Crippen LogP contribution in [0.1, 0.15) is 42.1 Å². The Morgan fingerprint density at radius 3 is 2.28 bits per heavy atom. The molecule has 25 heavy (non-hydrogen) atoms. The highest BCUT2D eigenvalue weighted by atomic mass is 19.1. The normalized spacial score (nSPS) is 11.9. The van der Waals surface area contributed by atoms with E-state index in [1.165, 1.54) is 12.1 Å². The van der Waals surface area contributed by atoms with Crippen LogP contribution in [-0.4, -0.2) is 18.9 Å². The number of carbonyl (C=O) groups is 2. The third kappa shape index (κ3) is 4.89. The van der Waals surface area contributed by atoms with Gasteiger partial charge in [-0.1, -0.05) is 38.1 Å². The second kappa shape index (κ2) is 8.42. The summed E-state index contributed by atoms with van der Waals surface area (Å²) in [7, 11) is 1.55. The van der Waals surface area contributed by atoms with Crippen LogP contribution in [0.4, 0.5) is 10.1 Å². The molecule has 0 radical (unpaired) electrons. The molecule has 0 bridgehead atoms. The molecule has 2 aromatic carbocycles. The number of benzene rings is 2. The van der Waals surface area contributed by atoms with Gasteiger partial charge in [-0.3, -0.25) is 9.59 Å². The van der Waals surface area contributed by atoms with Crippen LogP contribution in [0.25, 0.3) is 0 Å². The van der Waals surface area contributed by atoms with Gasteiger partial charge in [0.05, 0.1) is 11.3 Å². The van der Waals surface area contributed by atoms with Crippen molar-refractivity contribution in [2.24, 2.45) is 5.92 Å². The lowest BCUT2D eigenvalue weighted by Crippen LogP contribution is -2.23. The highest BCUT2D eigenvalue weighted by Crippen LogP contribution is 2.29. The maximum atomic E-state index is 13.1. The van der Waals surface area contributed by atoms with Crippen molar-refractivity contribution >= 4 is 17.5 Å². The van der Waals surface area contributed by atoms with E-state index in [4.69, 9.17) is 0 Å². The van der Waals surface area contributed by atoms with E-state index in [1.807, 2.05) is 13.8 Å². The topological polar surface area (TPSA) is 58.2 Å². The molecule has 4 nitrogen and oxygen atoms in total. The molecule has 0 saturated carbocycles. The predicted molar refractivity (Wildman–Crippen MR) is 97.1 cm³/mol. The fourth-order valence-corrected chi connectivity index (χ4v) is 2.77. The molecule has 132 valence electrons. The zero-order valence-corrected chi connectivity index (χ0v) is 14.7. The van der Waals surface area contributed by atoms with Crippen molar-refractivity contribution in [3.63, 3.8) is 0 Å². The summed E-state index contributed by atoms with van der Waals surface area (Å²) in [6.07, 6.45) is 0.255. The fourth-order valence-electron chi connectivity index (χ4n) is 2.77. The summed E-state index contributed by atoms with van der Waals surface area (Å²) in [5, 5.41) is 5.38. The van der Waals surface area contributed by atoms with Crippen LogP contribution >= 0.6 is 0 Å². The minimum absolute atomic E-state index is 0.0345. The molecule has 0 spiro atoms. The van der Waals surface area contributed by atoms with Crippen LogP contribution in [0, 0.1) is 11.7 Å². The lowest BCUT2D eigenvalue weighted by atomic mass is 9.85. The molecule has 0 aliphatic carbocycles. The summed E-state index contributed by atoms with van der Waals surface area (Å²) in [4.78, 5) is 24.4. The van der Waals surface area contributed by atoms with Crippen LogP contribution < -0.4 is 10.6 Å². The Kier molecular flexibility index (Phi) is 6.28. The van der Waals surface area contributed by atoms with Crippen molar-refractivity contribution in [3.8, 4) is 0 Å². The molecule has 2 aromatic rings. The van der Waals surface area contributed by atoms with Crippen LogP contribution in [0.2, 0.25) is 0 Å². The average Bonchev–Trinajstić information content (AvgIpc) is 2.60. The van der Waals surface area contributed by atoms with Crippen molar-refractivity contribution in [2.45, 2.75) is 26.2 Å². The SMILES string of the molecule is CNC(=O)c1ccccc1NC(=O)CC(c1ccc(F)cc1)C(C)C. The van der Waals surface area contributed by atoms with Crippen LogP contribution in [0.15, 0.2) is 48.5 Å². The zero-order valence-electron chi connectivity index (χ0n) is 14.7. The van der Waals surface area contributed by atoms with E-state index < -0.39 is 0 Å². The zero-order chi connectivity index (χ0) is 18.4. The summed E-state index contributed by atoms with van der Waals surface area (Å²) in [6, 6.07) is 13.1. The maximum absolute atomic E-state index is 13.1. The van der Waals surface area contributed by atoms with Crippen molar-refractivity contribution in [3.05, 3.63) is 65.5 Å². The fraction of sp³-hybridized carbons (Fsp3) is 0.300. The number of anilines is 1. The first kappa shape index (κ1) is 18.6. The third-order valence-corrected chi connectivity index (χ3v) is 4.18. The molecule has 0 aliphatic heterocycles. The number of halogens is 1. The lowest BCUT2D eigenvalue weighted by molar-refractivity contribution is -0.116. The predicted octanol–water partition coefficient (Wildman–Crippen LogP) is 3.95. The summed E-state index contributed by atoms with van der Waals surface area (Å²) in [6.45, 7) is 4.06. The van der Waals surface area contributed by atoms with E-state index in [1.54, 1.807) is 43.4 Å². The Labute approximate surface area is 147 Å². The summed E-state index contributed by atoms with van der Waals surface area (Å²) >= 11 is 0. The average molecular weight is 342 g/mol. The highest BCUT2D eigenvalue weighted by molar-refractivity contribution is 6.03. The van der Waals surface area contributed by atoms with Gasteiger partial charge in [-0.25, -0.2) is 4.39 Å². The van der Waals surface area contributed by atoms with Gasteiger partial charge in [0.2, 0.25) is 5.91 Å². The number of para-hydroxylation sites is 1. The number of hydrogen-bond donors (Lipinski definition) is 2. The summed E-state index contributed by atoms with van der Waals surface area (Å²) in [5.74, 6) is -0.553. The molecular weight excluding hydrogens is 319 g/mol. The Balaban J connectivity index is 2.15. The lowest BCUT2D eigenvalue weighted by Gasteiger charge is -2.21. The number of rotatable bonds is 6. The molecule has 2 N–H and O–H groups in total. The van der Waals surface area contributed by atoms with Gasteiger partial charge >= 0.3 is 0 Å². The van der Waals surface area contributed by atoms with E-state index in [0.717, 1.165) is 5.56 Å². The third-order valence-electron chi connectivity index (χ3n) is 4.18. The van der Waals surface area contributed by atoms with Gasteiger partial charge in [0.25, 0.3) is 5.91 Å². The number of hydrogen-bond acceptors (Lipinski definition) is 2. The van der Waals surface area contributed by atoms with Crippen LogP contribution in [0.5, 0.6) is 0 Å². The molecule has 1 unspecified atom stereocenters. The molecule has 0 fully saturated rings. The molecule has 0 heterocycles. The molecule has 2 rings (SSSR count). The van der Waals surface area contributed by atoms with E-state index in [9.17, 15) is 14.0 Å². The van der Waals surface area contributed by atoms with Gasteiger partial charge in [-0.15, -0.1) is 0 Å². The summed E-state index contributed by atoms with van der Waals surface area (Å²) in [5.41, 5.74) is 1.82. The molecular formula is C20H23FN2O2. The van der Waals surface area contributed by atoms with E-state index in [0.29, 0.717) is 11.3 Å². The van der Waals surface area contributed by atoms with Crippen LogP contribution in [0.3, 0.4) is 0 Å². The smallest absolute Gasteiger partial charge is 0.253 e. The Morgan fingerprint density at radius 1 is 1.04 bits per heavy atom. The van der Waals surface area contributed by atoms with Gasteiger partial charge in [0, 0.05) is 13.5 Å². The Morgan fingerprint density at radius 2 is 1.68 bits per heavy atom. The molecule has 0 aliphatic rings. The standard InChI is InChI=1S/C20H23FN2O2/c1-13(2)17(14-8-10-15(21)11-9-14)12-19(24)23-18-7-5-4-6-16(18)20(25)22-3/h4-11,13,17H,12H2,1-3H3,(H,22,25)(H,23,24). The van der Waals surface area contributed by atoms with Gasteiger partial charge in [0.15, 0.2) is 0 Å². The second-order valence-electron chi connectivity index (χ2n) is 6.28. The molecule has 2 amide bonds. The van der Waals surface area contributed by atoms with E-state index in [2.05, 4.69) is 10.6 Å². The highest BCUT2D eigenvalue weighted by Gasteiger charge is 2.21. The minimum Gasteiger partial charge on any atom is -0.355 e. The molecule has 1 atom stereocenters. The van der Waals surface area contributed by atoms with E-state index in [-0.39, 0.29) is 35.9 Å². The van der Waals surface area contributed by atoms with Crippen molar-refractivity contribution in [1.29, 1.82) is 0 Å². The molecule has 5 heteroatoms. The number of amides is 2. The van der Waals surface area contributed by atoms with Crippen LogP contribution in [-0.2, 0) is 4.79 Å². The Bertz CT molecular complexity index is 742. The monoisotopic (exact) mass is 342 g/mol. The number of carbonyl (C=O) groups excluding carboxylic acids is 2. The molecule has 0 saturated heterocycles. The number of nitrogens with one attached hydrogen (secondary N) is 2. The van der Waals surface area contributed by atoms with Gasteiger partial charge in [-0.2, -0.15) is 0 Å². The second-order valence-corrected chi connectivity index (χ2v) is 6.28. The first-order chi connectivity index (χ1) is 11.9. The summed E-state index contributed by atoms with van der Waals surface area (Å²) < 4.78 is 13.1. The first-order valence-corrected chi connectivity index (χ1v) is 8.28. The molecule has 0 aromatic heterocycles. The van der Waals surface area contributed by atoms with Crippen molar-refractivity contribution in [2.75, 3.05) is 12.4 Å². The van der Waals surface area contributed by atoms with Gasteiger partial charge in [-0.05, 0) is 41.7 Å². The van der Waals surface area contributed by atoms with Crippen molar-refractivity contribution < 1.29 is 14.0 Å². The quantitative estimate of drug-likeness (QED) is 0.835. The largest absolute Gasteiger partial charge is 0.355 e. The van der Waals surface area contributed by atoms with Gasteiger partial charge in [0.1, 0.15) is 5.82 Å².